The molecule has 0 saturated carbocycles. The average molecular weight is 290 g/mol. The van der Waals surface area contributed by atoms with Crippen LogP contribution in [0.5, 0.6) is 0 Å². The van der Waals surface area contributed by atoms with Gasteiger partial charge in [-0.05, 0) is 37.6 Å². The number of halogens is 1. The van der Waals surface area contributed by atoms with Gasteiger partial charge in [0.1, 0.15) is 5.82 Å². The second kappa shape index (κ2) is 6.39. The first-order chi connectivity index (χ1) is 9.60. The second-order valence-corrected chi connectivity index (χ2v) is 4.81. The SMILES string of the molecule is CCNc1cc(C(=O)Nc2cccc(C)c2)c(Cl)cn1. The van der Waals surface area contributed by atoms with Crippen molar-refractivity contribution in [3.8, 4) is 0 Å². The van der Waals surface area contributed by atoms with E-state index in [1.165, 1.54) is 6.20 Å². The van der Waals surface area contributed by atoms with Gasteiger partial charge in [-0.2, -0.15) is 0 Å². The summed E-state index contributed by atoms with van der Waals surface area (Å²) >= 11 is 6.04. The van der Waals surface area contributed by atoms with Gasteiger partial charge >= 0.3 is 0 Å². The molecule has 1 aromatic heterocycles. The Labute approximate surface area is 123 Å². The summed E-state index contributed by atoms with van der Waals surface area (Å²) in [6, 6.07) is 9.25. The van der Waals surface area contributed by atoms with E-state index in [1.807, 2.05) is 38.1 Å². The van der Waals surface area contributed by atoms with E-state index in [-0.39, 0.29) is 5.91 Å². The maximum absolute atomic E-state index is 12.3. The topological polar surface area (TPSA) is 54.0 Å². The van der Waals surface area contributed by atoms with Crippen LogP contribution < -0.4 is 10.6 Å². The fourth-order valence-corrected chi connectivity index (χ4v) is 2.00. The van der Waals surface area contributed by atoms with Crippen molar-refractivity contribution < 1.29 is 4.79 Å². The average Bonchev–Trinajstić information content (AvgIpc) is 2.41. The maximum atomic E-state index is 12.3. The third-order valence-corrected chi connectivity index (χ3v) is 3.03. The highest BCUT2D eigenvalue weighted by Crippen LogP contribution is 2.20. The number of amides is 1. The number of rotatable bonds is 4. The van der Waals surface area contributed by atoms with Gasteiger partial charge < -0.3 is 10.6 Å². The van der Waals surface area contributed by atoms with Crippen molar-refractivity contribution in [2.24, 2.45) is 0 Å². The first kappa shape index (κ1) is 14.3. The van der Waals surface area contributed by atoms with Crippen molar-refractivity contribution in [1.82, 2.24) is 4.98 Å². The quantitative estimate of drug-likeness (QED) is 0.902. The van der Waals surface area contributed by atoms with Crippen molar-refractivity contribution in [2.45, 2.75) is 13.8 Å². The highest BCUT2D eigenvalue weighted by Gasteiger charge is 2.12. The van der Waals surface area contributed by atoms with Crippen LogP contribution in [0.15, 0.2) is 36.5 Å². The van der Waals surface area contributed by atoms with E-state index in [0.29, 0.717) is 16.4 Å². The molecule has 2 rings (SSSR count). The third kappa shape index (κ3) is 3.48. The number of anilines is 2. The molecule has 2 aromatic rings. The van der Waals surface area contributed by atoms with Gasteiger partial charge in [-0.25, -0.2) is 4.98 Å². The second-order valence-electron chi connectivity index (χ2n) is 4.40. The zero-order chi connectivity index (χ0) is 14.5. The molecule has 4 nitrogen and oxygen atoms in total. The molecule has 0 bridgehead atoms. The molecule has 0 aliphatic rings. The Bertz CT molecular complexity index is 628. The van der Waals surface area contributed by atoms with Crippen LogP contribution in [-0.4, -0.2) is 17.4 Å². The number of hydrogen-bond donors (Lipinski definition) is 2. The van der Waals surface area contributed by atoms with E-state index in [2.05, 4.69) is 15.6 Å². The molecule has 0 spiro atoms. The number of benzene rings is 1. The molecular weight excluding hydrogens is 274 g/mol. The van der Waals surface area contributed by atoms with Crippen LogP contribution in [0, 0.1) is 6.92 Å². The number of carbonyl (C=O) groups is 1. The van der Waals surface area contributed by atoms with Crippen LogP contribution >= 0.6 is 11.6 Å². The van der Waals surface area contributed by atoms with Crippen LogP contribution in [-0.2, 0) is 0 Å². The van der Waals surface area contributed by atoms with Crippen LogP contribution in [0.25, 0.3) is 0 Å². The van der Waals surface area contributed by atoms with Crippen molar-refractivity contribution in [2.75, 3.05) is 17.2 Å². The van der Waals surface area contributed by atoms with Crippen molar-refractivity contribution in [3.63, 3.8) is 0 Å². The molecule has 0 saturated heterocycles. The highest BCUT2D eigenvalue weighted by atomic mass is 35.5. The van der Waals surface area contributed by atoms with E-state index in [1.54, 1.807) is 6.07 Å². The molecule has 104 valence electrons. The third-order valence-electron chi connectivity index (χ3n) is 2.73. The minimum atomic E-state index is -0.248. The zero-order valence-corrected chi connectivity index (χ0v) is 12.2. The fraction of sp³-hybridized carbons (Fsp3) is 0.200. The van der Waals surface area contributed by atoms with Gasteiger partial charge in [-0.3, -0.25) is 4.79 Å². The fourth-order valence-electron chi connectivity index (χ4n) is 1.81. The zero-order valence-electron chi connectivity index (χ0n) is 11.4. The van der Waals surface area contributed by atoms with Crippen LogP contribution in [0.1, 0.15) is 22.8 Å². The monoisotopic (exact) mass is 289 g/mol. The first-order valence-corrected chi connectivity index (χ1v) is 6.75. The molecule has 20 heavy (non-hydrogen) atoms. The molecule has 0 radical (unpaired) electrons. The smallest absolute Gasteiger partial charge is 0.257 e. The number of aryl methyl sites for hydroxylation is 1. The predicted molar refractivity (Wildman–Crippen MR) is 82.5 cm³/mol. The lowest BCUT2D eigenvalue weighted by atomic mass is 10.2. The van der Waals surface area contributed by atoms with Crippen molar-refractivity contribution in [3.05, 3.63) is 52.7 Å². The molecule has 2 N–H and O–H groups in total. The Hall–Kier alpha value is -2.07. The first-order valence-electron chi connectivity index (χ1n) is 6.37. The summed E-state index contributed by atoms with van der Waals surface area (Å²) in [7, 11) is 0. The molecule has 0 atom stereocenters. The molecular formula is C15H16ClN3O. The Kier molecular flexibility index (Phi) is 4.58. The minimum absolute atomic E-state index is 0.248. The molecule has 1 heterocycles. The van der Waals surface area contributed by atoms with E-state index < -0.39 is 0 Å². The Morgan fingerprint density at radius 1 is 1.35 bits per heavy atom. The van der Waals surface area contributed by atoms with Crippen LogP contribution in [0.2, 0.25) is 5.02 Å². The normalized spacial score (nSPS) is 10.2. The Balaban J connectivity index is 2.22. The molecule has 1 aromatic carbocycles. The molecule has 1 amide bonds. The molecule has 0 fully saturated rings. The van der Waals surface area contributed by atoms with Gasteiger partial charge in [0.15, 0.2) is 0 Å². The van der Waals surface area contributed by atoms with E-state index >= 15 is 0 Å². The summed E-state index contributed by atoms with van der Waals surface area (Å²) < 4.78 is 0. The van der Waals surface area contributed by atoms with Crippen LogP contribution in [0.3, 0.4) is 0 Å². The predicted octanol–water partition coefficient (Wildman–Crippen LogP) is 3.73. The number of pyridine rings is 1. The highest BCUT2D eigenvalue weighted by molar-refractivity contribution is 6.34. The van der Waals surface area contributed by atoms with Crippen LogP contribution in [0.4, 0.5) is 11.5 Å². The summed E-state index contributed by atoms with van der Waals surface area (Å²) in [6.07, 6.45) is 1.48. The largest absolute Gasteiger partial charge is 0.370 e. The summed E-state index contributed by atoms with van der Waals surface area (Å²) in [4.78, 5) is 16.4. The molecule has 5 heteroatoms. The van der Waals surface area contributed by atoms with Crippen molar-refractivity contribution >= 4 is 29.0 Å². The number of aromatic nitrogens is 1. The number of carbonyl (C=O) groups excluding carboxylic acids is 1. The van der Waals surface area contributed by atoms with E-state index in [4.69, 9.17) is 11.6 Å². The van der Waals surface area contributed by atoms with Gasteiger partial charge in [0.2, 0.25) is 0 Å². The maximum Gasteiger partial charge on any atom is 0.257 e. The lowest BCUT2D eigenvalue weighted by Crippen LogP contribution is -2.13. The molecule has 0 aliphatic carbocycles. The lowest BCUT2D eigenvalue weighted by Gasteiger charge is -2.09. The van der Waals surface area contributed by atoms with Gasteiger partial charge in [-0.1, -0.05) is 23.7 Å². The summed E-state index contributed by atoms with van der Waals surface area (Å²) in [6.45, 7) is 4.66. The lowest BCUT2D eigenvalue weighted by molar-refractivity contribution is 0.102. The minimum Gasteiger partial charge on any atom is -0.370 e. The Morgan fingerprint density at radius 3 is 2.85 bits per heavy atom. The summed E-state index contributed by atoms with van der Waals surface area (Å²) in [5.41, 5.74) is 2.23. The van der Waals surface area contributed by atoms with Gasteiger partial charge in [0.05, 0.1) is 10.6 Å². The summed E-state index contributed by atoms with van der Waals surface area (Å²) in [5.74, 6) is 0.383. The Morgan fingerprint density at radius 2 is 2.15 bits per heavy atom. The molecule has 0 aliphatic heterocycles. The standard InChI is InChI=1S/C15H16ClN3O/c1-3-17-14-8-12(13(16)9-18-14)15(20)19-11-6-4-5-10(2)7-11/h4-9H,3H2,1-2H3,(H,17,18)(H,19,20). The van der Waals surface area contributed by atoms with Gasteiger partial charge in [-0.15, -0.1) is 0 Å². The summed E-state index contributed by atoms with van der Waals surface area (Å²) in [5, 5.41) is 6.21. The molecule has 0 unspecified atom stereocenters. The van der Waals surface area contributed by atoms with Gasteiger partial charge in [0, 0.05) is 18.4 Å². The number of nitrogens with one attached hydrogen (secondary N) is 2. The number of nitrogens with zero attached hydrogens (tertiary/aromatic N) is 1. The van der Waals surface area contributed by atoms with E-state index in [0.717, 1.165) is 17.8 Å². The van der Waals surface area contributed by atoms with E-state index in [9.17, 15) is 4.79 Å². The van der Waals surface area contributed by atoms with Crippen molar-refractivity contribution in [1.29, 1.82) is 0 Å². The number of hydrogen-bond acceptors (Lipinski definition) is 3. The van der Waals surface area contributed by atoms with Gasteiger partial charge in [0.25, 0.3) is 5.91 Å².